The number of benzene rings is 1. The van der Waals surface area contributed by atoms with Gasteiger partial charge in [-0.25, -0.2) is 4.98 Å². The van der Waals surface area contributed by atoms with Crippen LogP contribution in [0, 0.1) is 0 Å². The number of para-hydroxylation sites is 1. The lowest BCUT2D eigenvalue weighted by Crippen LogP contribution is -2.47. The van der Waals surface area contributed by atoms with Gasteiger partial charge in [0.15, 0.2) is 0 Å². The number of rotatable bonds is 4. The molecule has 2 aromatic rings. The van der Waals surface area contributed by atoms with Crippen molar-refractivity contribution in [3.05, 3.63) is 35.9 Å². The molecule has 1 aliphatic carbocycles. The highest BCUT2D eigenvalue weighted by molar-refractivity contribution is 5.82. The van der Waals surface area contributed by atoms with Gasteiger partial charge in [-0.2, -0.15) is 0 Å². The molecule has 0 spiro atoms. The molecule has 1 aromatic carbocycles. The van der Waals surface area contributed by atoms with Crippen LogP contribution in [0.1, 0.15) is 72.0 Å². The molecule has 2 aliphatic rings. The molecular formula is C24H43N5O. The maximum atomic E-state index is 10.1. The van der Waals surface area contributed by atoms with E-state index in [0.717, 1.165) is 48.2 Å². The molecule has 2 heterocycles. The largest absolute Gasteiger partial charge is 0.374 e. The van der Waals surface area contributed by atoms with Crippen molar-refractivity contribution in [2.75, 3.05) is 25.0 Å². The number of aliphatic hydroxyl groups excluding tert-OH is 1. The third kappa shape index (κ3) is 6.38. The van der Waals surface area contributed by atoms with Gasteiger partial charge in [-0.05, 0) is 44.9 Å². The van der Waals surface area contributed by atoms with Gasteiger partial charge in [0.1, 0.15) is 12.0 Å². The minimum Gasteiger partial charge on any atom is -0.374 e. The molecular weight excluding hydrogens is 374 g/mol. The summed E-state index contributed by atoms with van der Waals surface area (Å²) in [6, 6.07) is 11.3. The van der Waals surface area contributed by atoms with Crippen molar-refractivity contribution in [2.45, 2.75) is 77.1 Å². The van der Waals surface area contributed by atoms with E-state index in [9.17, 15) is 5.11 Å². The number of fused-ring (bicyclic) bond motifs is 1. The van der Waals surface area contributed by atoms with Crippen LogP contribution in [0.5, 0.6) is 0 Å². The number of hydrogen-bond acceptors (Lipinski definition) is 6. The van der Waals surface area contributed by atoms with E-state index < -0.39 is 6.23 Å². The number of nitrogens with two attached hydrogens (primary N) is 2. The predicted octanol–water partition coefficient (Wildman–Crippen LogP) is 3.92. The number of aromatic nitrogens is 1. The van der Waals surface area contributed by atoms with Crippen LogP contribution in [0.2, 0.25) is 0 Å². The Labute approximate surface area is 183 Å². The van der Waals surface area contributed by atoms with Crippen LogP contribution in [0.4, 0.5) is 5.82 Å². The van der Waals surface area contributed by atoms with E-state index in [1.54, 1.807) is 0 Å². The first kappa shape index (κ1) is 24.5. The average molecular weight is 418 g/mol. The quantitative estimate of drug-likeness (QED) is 0.563. The molecule has 170 valence electrons. The lowest BCUT2D eigenvalue weighted by Gasteiger charge is -2.37. The third-order valence-corrected chi connectivity index (χ3v) is 5.92. The summed E-state index contributed by atoms with van der Waals surface area (Å²) in [6.45, 7) is 5.91. The Morgan fingerprint density at radius 2 is 1.63 bits per heavy atom. The minimum absolute atomic E-state index is 0. The van der Waals surface area contributed by atoms with E-state index in [-0.39, 0.29) is 1.43 Å². The summed E-state index contributed by atoms with van der Waals surface area (Å²) in [5, 5.41) is 15.0. The Morgan fingerprint density at radius 1 is 1.03 bits per heavy atom. The molecule has 30 heavy (non-hydrogen) atoms. The van der Waals surface area contributed by atoms with Crippen LogP contribution in [0.15, 0.2) is 30.3 Å². The summed E-state index contributed by atoms with van der Waals surface area (Å²) in [5.74, 6) is 0.842. The first-order valence-electron chi connectivity index (χ1n) is 11.6. The van der Waals surface area contributed by atoms with Crippen molar-refractivity contribution >= 4 is 16.7 Å². The molecule has 1 aromatic heterocycles. The van der Waals surface area contributed by atoms with Gasteiger partial charge < -0.3 is 26.8 Å². The standard InChI is InChI=1S/C21H30N4O.C2H6.CH5N.H2/c22-20(26)18-14-15-6-4-5-9-19(15)24-21(18)25-12-10-17(11-13-25)23-16-7-2-1-3-8-16;2*1-2;/h4-6,9,14,16-17,20,23,26H,1-3,7-8,10-13,22H2;1-2H3;2H2,1H3;1H. The highest BCUT2D eigenvalue weighted by Crippen LogP contribution is 2.29. The van der Waals surface area contributed by atoms with Gasteiger partial charge in [-0.1, -0.05) is 51.3 Å². The van der Waals surface area contributed by atoms with Crippen LogP contribution >= 0.6 is 0 Å². The Hall–Kier alpha value is -1.73. The Kier molecular flexibility index (Phi) is 10.5. The lowest BCUT2D eigenvalue weighted by molar-refractivity contribution is 0.186. The number of aliphatic hydroxyl groups is 1. The summed E-state index contributed by atoms with van der Waals surface area (Å²) in [6.07, 6.45) is 8.03. The van der Waals surface area contributed by atoms with Crippen LogP contribution in [-0.4, -0.2) is 42.3 Å². The van der Waals surface area contributed by atoms with Crippen LogP contribution < -0.4 is 21.7 Å². The van der Waals surface area contributed by atoms with E-state index in [1.807, 2.05) is 44.2 Å². The second kappa shape index (κ2) is 12.8. The zero-order valence-corrected chi connectivity index (χ0v) is 19.0. The van der Waals surface area contributed by atoms with E-state index in [1.165, 1.54) is 39.2 Å². The number of nitrogens with one attached hydrogen (secondary N) is 1. The summed E-state index contributed by atoms with van der Waals surface area (Å²) in [5.41, 5.74) is 12.0. The van der Waals surface area contributed by atoms with Gasteiger partial charge in [-0.15, -0.1) is 0 Å². The SMILES string of the molecule is CC.CN.NC(O)c1cc2ccccc2nc1N1CCC(NC2CCCCC2)CC1.[HH]. The molecule has 2 fully saturated rings. The Morgan fingerprint density at radius 3 is 2.27 bits per heavy atom. The van der Waals surface area contributed by atoms with E-state index in [4.69, 9.17) is 10.7 Å². The summed E-state index contributed by atoms with van der Waals surface area (Å²) in [7, 11) is 1.50. The second-order valence-corrected chi connectivity index (χ2v) is 7.80. The minimum atomic E-state index is -1.000. The van der Waals surface area contributed by atoms with E-state index >= 15 is 0 Å². The maximum Gasteiger partial charge on any atom is 0.136 e. The van der Waals surface area contributed by atoms with Crippen molar-refractivity contribution in [3.63, 3.8) is 0 Å². The maximum absolute atomic E-state index is 10.1. The molecule has 0 bridgehead atoms. The van der Waals surface area contributed by atoms with Crippen LogP contribution in [0.3, 0.4) is 0 Å². The monoisotopic (exact) mass is 417 g/mol. The first-order chi connectivity index (χ1) is 14.7. The van der Waals surface area contributed by atoms with Crippen molar-refractivity contribution in [1.82, 2.24) is 10.3 Å². The van der Waals surface area contributed by atoms with Crippen LogP contribution in [-0.2, 0) is 0 Å². The molecule has 6 N–H and O–H groups in total. The van der Waals surface area contributed by atoms with Gasteiger partial charge in [0.2, 0.25) is 0 Å². The van der Waals surface area contributed by atoms with Gasteiger partial charge in [0.25, 0.3) is 0 Å². The van der Waals surface area contributed by atoms with Gasteiger partial charge in [0.05, 0.1) is 5.52 Å². The Bertz CT molecular complexity index is 744. The van der Waals surface area contributed by atoms with E-state index in [2.05, 4.69) is 16.0 Å². The Balaban J connectivity index is 0.000000910. The number of pyridine rings is 1. The van der Waals surface area contributed by atoms with Gasteiger partial charge in [0, 0.05) is 37.5 Å². The summed E-state index contributed by atoms with van der Waals surface area (Å²) in [4.78, 5) is 7.11. The smallest absolute Gasteiger partial charge is 0.136 e. The average Bonchev–Trinajstić information content (AvgIpc) is 2.82. The topological polar surface area (TPSA) is 100 Å². The zero-order chi connectivity index (χ0) is 21.9. The molecule has 1 atom stereocenters. The first-order valence-corrected chi connectivity index (χ1v) is 11.6. The predicted molar refractivity (Wildman–Crippen MR) is 130 cm³/mol. The summed E-state index contributed by atoms with van der Waals surface area (Å²) < 4.78 is 0. The fourth-order valence-electron chi connectivity index (χ4n) is 4.45. The van der Waals surface area contributed by atoms with Crippen LogP contribution in [0.25, 0.3) is 10.9 Å². The number of hydrogen-bond donors (Lipinski definition) is 4. The fraction of sp³-hybridized carbons (Fsp3) is 0.625. The van der Waals surface area contributed by atoms with Gasteiger partial charge >= 0.3 is 0 Å². The number of piperidine rings is 1. The number of nitrogens with zero attached hydrogens (tertiary/aromatic N) is 2. The molecule has 0 radical (unpaired) electrons. The zero-order valence-electron chi connectivity index (χ0n) is 19.0. The fourth-order valence-corrected chi connectivity index (χ4v) is 4.45. The molecule has 1 aliphatic heterocycles. The van der Waals surface area contributed by atoms with Crippen molar-refractivity contribution in [3.8, 4) is 0 Å². The second-order valence-electron chi connectivity index (χ2n) is 7.80. The molecule has 6 heteroatoms. The molecule has 1 unspecified atom stereocenters. The molecule has 1 saturated carbocycles. The molecule has 4 rings (SSSR count). The number of anilines is 1. The van der Waals surface area contributed by atoms with E-state index in [0.29, 0.717) is 12.1 Å². The third-order valence-electron chi connectivity index (χ3n) is 5.92. The molecule has 6 nitrogen and oxygen atoms in total. The van der Waals surface area contributed by atoms with Gasteiger partial charge in [-0.3, -0.25) is 0 Å². The molecule has 0 amide bonds. The van der Waals surface area contributed by atoms with Crippen molar-refractivity contribution in [2.24, 2.45) is 11.5 Å². The highest BCUT2D eigenvalue weighted by atomic mass is 16.3. The van der Waals surface area contributed by atoms with Crippen molar-refractivity contribution < 1.29 is 6.53 Å². The van der Waals surface area contributed by atoms with Crippen molar-refractivity contribution in [1.29, 1.82) is 0 Å². The molecule has 1 saturated heterocycles. The highest BCUT2D eigenvalue weighted by Gasteiger charge is 2.25. The summed E-state index contributed by atoms with van der Waals surface area (Å²) >= 11 is 0. The normalized spacial score (nSPS) is 18.8. The lowest BCUT2D eigenvalue weighted by atomic mass is 9.93.